The first-order valence-corrected chi connectivity index (χ1v) is 5.76. The Morgan fingerprint density at radius 3 is 2.94 bits per heavy atom. The summed E-state index contributed by atoms with van der Waals surface area (Å²) in [6, 6.07) is 4.29. The predicted molar refractivity (Wildman–Crippen MR) is 62.6 cm³/mol. The van der Waals surface area contributed by atoms with Gasteiger partial charge in [-0.05, 0) is 31.7 Å². The maximum Gasteiger partial charge on any atom is 0.213 e. The standard InChI is InChI=1S/C12H18N2O2/c1-9(10-2-3-10)14-11-4-5-12(13-8-11)16-7-6-15/h4-5,8-10,14-15H,2-3,6-7H2,1H3. The van der Waals surface area contributed by atoms with Gasteiger partial charge in [0.25, 0.3) is 0 Å². The van der Waals surface area contributed by atoms with E-state index in [1.165, 1.54) is 12.8 Å². The molecule has 1 aliphatic carbocycles. The zero-order valence-corrected chi connectivity index (χ0v) is 9.52. The fourth-order valence-electron chi connectivity index (χ4n) is 1.68. The molecule has 0 bridgehead atoms. The molecule has 0 spiro atoms. The first-order chi connectivity index (χ1) is 7.79. The quantitative estimate of drug-likeness (QED) is 0.768. The van der Waals surface area contributed by atoms with Gasteiger partial charge in [0.15, 0.2) is 0 Å². The molecular weight excluding hydrogens is 204 g/mol. The van der Waals surface area contributed by atoms with Crippen molar-refractivity contribution in [1.29, 1.82) is 0 Å². The summed E-state index contributed by atoms with van der Waals surface area (Å²) >= 11 is 0. The summed E-state index contributed by atoms with van der Waals surface area (Å²) in [6.45, 7) is 2.51. The van der Waals surface area contributed by atoms with Crippen LogP contribution in [0.5, 0.6) is 5.88 Å². The van der Waals surface area contributed by atoms with Gasteiger partial charge in [0.1, 0.15) is 6.61 Å². The minimum Gasteiger partial charge on any atom is -0.475 e. The number of ether oxygens (including phenoxy) is 1. The van der Waals surface area contributed by atoms with Crippen molar-refractivity contribution in [2.45, 2.75) is 25.8 Å². The Balaban J connectivity index is 1.85. The number of pyridine rings is 1. The third kappa shape index (κ3) is 3.10. The highest BCUT2D eigenvalue weighted by Gasteiger charge is 2.27. The molecule has 0 amide bonds. The SMILES string of the molecule is CC(Nc1ccc(OCCO)nc1)C1CC1. The van der Waals surface area contributed by atoms with Crippen molar-refractivity contribution < 1.29 is 9.84 Å². The molecule has 1 saturated carbocycles. The Bertz CT molecular complexity index is 322. The Kier molecular flexibility index (Phi) is 3.62. The van der Waals surface area contributed by atoms with Crippen LogP contribution in [0.25, 0.3) is 0 Å². The largest absolute Gasteiger partial charge is 0.475 e. The third-order valence-corrected chi connectivity index (χ3v) is 2.80. The Morgan fingerprint density at radius 2 is 2.38 bits per heavy atom. The van der Waals surface area contributed by atoms with Crippen LogP contribution in [0.15, 0.2) is 18.3 Å². The van der Waals surface area contributed by atoms with Crippen LogP contribution >= 0.6 is 0 Å². The van der Waals surface area contributed by atoms with Crippen LogP contribution in [0, 0.1) is 5.92 Å². The molecule has 1 aromatic rings. The highest BCUT2D eigenvalue weighted by Crippen LogP contribution is 2.33. The first kappa shape index (κ1) is 11.2. The van der Waals surface area contributed by atoms with E-state index in [0.29, 0.717) is 11.9 Å². The van der Waals surface area contributed by atoms with E-state index in [1.807, 2.05) is 12.1 Å². The Hall–Kier alpha value is -1.29. The summed E-state index contributed by atoms with van der Waals surface area (Å²) in [5, 5.41) is 12.0. The van der Waals surface area contributed by atoms with E-state index >= 15 is 0 Å². The van der Waals surface area contributed by atoms with Gasteiger partial charge in [0, 0.05) is 12.1 Å². The van der Waals surface area contributed by atoms with Gasteiger partial charge in [-0.3, -0.25) is 0 Å². The summed E-state index contributed by atoms with van der Waals surface area (Å²) < 4.78 is 5.19. The number of aliphatic hydroxyl groups excluding tert-OH is 1. The number of rotatable bonds is 6. The van der Waals surface area contributed by atoms with Crippen molar-refractivity contribution in [1.82, 2.24) is 4.98 Å². The van der Waals surface area contributed by atoms with Gasteiger partial charge in [0.2, 0.25) is 5.88 Å². The van der Waals surface area contributed by atoms with Crippen molar-refractivity contribution in [2.24, 2.45) is 5.92 Å². The fraction of sp³-hybridized carbons (Fsp3) is 0.583. The molecular formula is C12H18N2O2. The second-order valence-corrected chi connectivity index (χ2v) is 4.23. The summed E-state index contributed by atoms with van der Waals surface area (Å²) in [7, 11) is 0. The van der Waals surface area contributed by atoms with Crippen LogP contribution in [-0.2, 0) is 0 Å². The van der Waals surface area contributed by atoms with E-state index in [1.54, 1.807) is 6.20 Å². The lowest BCUT2D eigenvalue weighted by molar-refractivity contribution is 0.196. The van der Waals surface area contributed by atoms with Crippen LogP contribution in [-0.4, -0.2) is 29.3 Å². The van der Waals surface area contributed by atoms with E-state index in [0.717, 1.165) is 11.6 Å². The van der Waals surface area contributed by atoms with Gasteiger partial charge in [-0.1, -0.05) is 0 Å². The van der Waals surface area contributed by atoms with Crippen LogP contribution < -0.4 is 10.1 Å². The molecule has 4 nitrogen and oxygen atoms in total. The lowest BCUT2D eigenvalue weighted by Gasteiger charge is -2.14. The van der Waals surface area contributed by atoms with Gasteiger partial charge in [-0.2, -0.15) is 0 Å². The average molecular weight is 222 g/mol. The van der Waals surface area contributed by atoms with E-state index in [-0.39, 0.29) is 13.2 Å². The topological polar surface area (TPSA) is 54.4 Å². The lowest BCUT2D eigenvalue weighted by Crippen LogP contribution is -2.17. The van der Waals surface area contributed by atoms with Crippen molar-refractivity contribution in [2.75, 3.05) is 18.5 Å². The molecule has 0 radical (unpaired) electrons. The van der Waals surface area contributed by atoms with Gasteiger partial charge in [0.05, 0.1) is 18.5 Å². The highest BCUT2D eigenvalue weighted by molar-refractivity contribution is 5.43. The monoisotopic (exact) mass is 222 g/mol. The average Bonchev–Trinajstić information content (AvgIpc) is 3.12. The fourth-order valence-corrected chi connectivity index (χ4v) is 1.68. The third-order valence-electron chi connectivity index (χ3n) is 2.80. The van der Waals surface area contributed by atoms with Crippen LogP contribution in [0.1, 0.15) is 19.8 Å². The number of anilines is 1. The molecule has 1 aromatic heterocycles. The number of aromatic nitrogens is 1. The summed E-state index contributed by atoms with van der Waals surface area (Å²) in [4.78, 5) is 4.15. The summed E-state index contributed by atoms with van der Waals surface area (Å²) in [5.74, 6) is 1.38. The number of nitrogens with zero attached hydrogens (tertiary/aromatic N) is 1. The second-order valence-electron chi connectivity index (χ2n) is 4.23. The molecule has 4 heteroatoms. The summed E-state index contributed by atoms with van der Waals surface area (Å²) in [6.07, 6.45) is 4.43. The number of hydrogen-bond acceptors (Lipinski definition) is 4. The molecule has 0 aliphatic heterocycles. The predicted octanol–water partition coefficient (Wildman–Crippen LogP) is 1.66. The number of nitrogens with one attached hydrogen (secondary N) is 1. The van der Waals surface area contributed by atoms with Crippen molar-refractivity contribution in [3.05, 3.63) is 18.3 Å². The Morgan fingerprint density at radius 1 is 1.56 bits per heavy atom. The maximum absolute atomic E-state index is 8.60. The van der Waals surface area contributed by atoms with Crippen LogP contribution in [0.4, 0.5) is 5.69 Å². The number of hydrogen-bond donors (Lipinski definition) is 2. The summed E-state index contributed by atoms with van der Waals surface area (Å²) in [5.41, 5.74) is 1.02. The van der Waals surface area contributed by atoms with E-state index in [4.69, 9.17) is 9.84 Å². The second kappa shape index (κ2) is 5.16. The van der Waals surface area contributed by atoms with Gasteiger partial charge in [-0.25, -0.2) is 4.98 Å². The molecule has 1 unspecified atom stereocenters. The molecule has 1 fully saturated rings. The van der Waals surface area contributed by atoms with Crippen molar-refractivity contribution in [3.8, 4) is 5.88 Å². The molecule has 2 rings (SSSR count). The minimum absolute atomic E-state index is 0.0143. The molecule has 16 heavy (non-hydrogen) atoms. The number of aliphatic hydroxyl groups is 1. The van der Waals surface area contributed by atoms with E-state index < -0.39 is 0 Å². The molecule has 88 valence electrons. The van der Waals surface area contributed by atoms with Crippen molar-refractivity contribution in [3.63, 3.8) is 0 Å². The van der Waals surface area contributed by atoms with Crippen molar-refractivity contribution >= 4 is 5.69 Å². The molecule has 0 aromatic carbocycles. The lowest BCUT2D eigenvalue weighted by atomic mass is 10.2. The maximum atomic E-state index is 8.60. The minimum atomic E-state index is 0.0143. The molecule has 1 heterocycles. The molecule has 2 N–H and O–H groups in total. The van der Waals surface area contributed by atoms with E-state index in [9.17, 15) is 0 Å². The van der Waals surface area contributed by atoms with Crippen LogP contribution in [0.3, 0.4) is 0 Å². The molecule has 1 aliphatic rings. The Labute approximate surface area is 95.7 Å². The van der Waals surface area contributed by atoms with Crippen LogP contribution in [0.2, 0.25) is 0 Å². The van der Waals surface area contributed by atoms with Gasteiger partial charge >= 0.3 is 0 Å². The van der Waals surface area contributed by atoms with Gasteiger partial charge in [-0.15, -0.1) is 0 Å². The molecule has 0 saturated heterocycles. The zero-order valence-electron chi connectivity index (χ0n) is 9.52. The van der Waals surface area contributed by atoms with Gasteiger partial charge < -0.3 is 15.2 Å². The molecule has 1 atom stereocenters. The van der Waals surface area contributed by atoms with E-state index in [2.05, 4.69) is 17.2 Å². The highest BCUT2D eigenvalue weighted by atomic mass is 16.5. The zero-order chi connectivity index (χ0) is 11.4. The normalized spacial score (nSPS) is 16.9. The first-order valence-electron chi connectivity index (χ1n) is 5.76. The smallest absolute Gasteiger partial charge is 0.213 e.